The number of aliphatic carboxylic acids is 1. The summed E-state index contributed by atoms with van der Waals surface area (Å²) in [7, 11) is 1.58. The first-order valence-electron chi connectivity index (χ1n) is 9.21. The third-order valence-corrected chi connectivity index (χ3v) is 6.04. The SMILES string of the molecule is COc1cccc(C(=O)N2CCC3(CC2)C[C@H](C(=O)O)N(C(C)=O)C3)c1C. The van der Waals surface area contributed by atoms with Gasteiger partial charge in [0.15, 0.2) is 0 Å². The molecule has 0 radical (unpaired) electrons. The predicted octanol–water partition coefficient (Wildman–Crippen LogP) is 1.93. The second kappa shape index (κ2) is 7.21. The Morgan fingerprint density at radius 2 is 1.89 bits per heavy atom. The molecule has 1 aromatic rings. The van der Waals surface area contributed by atoms with Gasteiger partial charge in [0.05, 0.1) is 7.11 Å². The molecule has 0 aromatic heterocycles. The number of benzene rings is 1. The molecule has 0 bridgehead atoms. The lowest BCUT2D eigenvalue weighted by molar-refractivity contribution is -0.147. The highest BCUT2D eigenvalue weighted by Gasteiger charge is 2.49. The van der Waals surface area contributed by atoms with Crippen molar-refractivity contribution in [3.05, 3.63) is 29.3 Å². The molecule has 7 heteroatoms. The molecule has 1 aromatic carbocycles. The average Bonchev–Trinajstić information content (AvgIpc) is 3.02. The number of nitrogens with zero attached hydrogens (tertiary/aromatic N) is 2. The van der Waals surface area contributed by atoms with Crippen LogP contribution in [-0.2, 0) is 9.59 Å². The number of piperidine rings is 1. The maximum atomic E-state index is 12.9. The Labute approximate surface area is 158 Å². The maximum absolute atomic E-state index is 12.9. The zero-order chi connectivity index (χ0) is 19.8. The van der Waals surface area contributed by atoms with Crippen molar-refractivity contribution in [3.8, 4) is 5.75 Å². The molecule has 1 spiro atoms. The van der Waals surface area contributed by atoms with Crippen molar-refractivity contribution in [2.24, 2.45) is 5.41 Å². The fourth-order valence-electron chi connectivity index (χ4n) is 4.39. The lowest BCUT2D eigenvalue weighted by Crippen LogP contribution is -2.44. The smallest absolute Gasteiger partial charge is 0.326 e. The van der Waals surface area contributed by atoms with Gasteiger partial charge >= 0.3 is 5.97 Å². The van der Waals surface area contributed by atoms with Crippen LogP contribution in [0.5, 0.6) is 5.75 Å². The van der Waals surface area contributed by atoms with Crippen LogP contribution in [-0.4, -0.2) is 65.5 Å². The third kappa shape index (κ3) is 3.50. The van der Waals surface area contributed by atoms with E-state index in [1.165, 1.54) is 11.8 Å². The van der Waals surface area contributed by atoms with Crippen LogP contribution in [0.15, 0.2) is 18.2 Å². The van der Waals surface area contributed by atoms with Crippen molar-refractivity contribution in [2.75, 3.05) is 26.7 Å². The summed E-state index contributed by atoms with van der Waals surface area (Å²) in [6.45, 7) is 4.87. The first-order valence-corrected chi connectivity index (χ1v) is 9.21. The fraction of sp³-hybridized carbons (Fsp3) is 0.550. The molecule has 2 aliphatic heterocycles. The molecule has 7 nitrogen and oxygen atoms in total. The van der Waals surface area contributed by atoms with Gasteiger partial charge in [0, 0.05) is 37.7 Å². The molecular weight excluding hydrogens is 348 g/mol. The molecule has 146 valence electrons. The average molecular weight is 374 g/mol. The van der Waals surface area contributed by atoms with Gasteiger partial charge < -0.3 is 19.6 Å². The number of carbonyl (C=O) groups is 3. The Kier molecular flexibility index (Phi) is 5.13. The number of methoxy groups -OCH3 is 1. The van der Waals surface area contributed by atoms with E-state index < -0.39 is 12.0 Å². The van der Waals surface area contributed by atoms with Gasteiger partial charge in [-0.15, -0.1) is 0 Å². The number of hydrogen-bond donors (Lipinski definition) is 1. The summed E-state index contributed by atoms with van der Waals surface area (Å²) in [5, 5.41) is 9.45. The Morgan fingerprint density at radius 1 is 1.22 bits per heavy atom. The summed E-state index contributed by atoms with van der Waals surface area (Å²) in [6.07, 6.45) is 1.87. The standard InChI is InChI=1S/C20H26N2O5/c1-13-15(5-4-6-17(13)27-3)18(24)21-9-7-20(8-10-21)11-16(19(25)26)22(12-20)14(2)23/h4-6,16H,7-12H2,1-3H3,(H,25,26)/t16-/m1/s1. The van der Waals surface area contributed by atoms with Crippen LogP contribution < -0.4 is 4.74 Å². The van der Waals surface area contributed by atoms with E-state index in [1.54, 1.807) is 13.2 Å². The van der Waals surface area contributed by atoms with E-state index >= 15 is 0 Å². The van der Waals surface area contributed by atoms with Gasteiger partial charge in [-0.2, -0.15) is 0 Å². The molecular formula is C20H26N2O5. The highest BCUT2D eigenvalue weighted by molar-refractivity contribution is 5.96. The Bertz CT molecular complexity index is 744. The van der Waals surface area contributed by atoms with Crippen LogP contribution >= 0.6 is 0 Å². The number of hydrogen-bond acceptors (Lipinski definition) is 4. The van der Waals surface area contributed by atoms with Gasteiger partial charge in [0.25, 0.3) is 5.91 Å². The molecule has 1 atom stereocenters. The van der Waals surface area contributed by atoms with Crippen LogP contribution in [0.4, 0.5) is 0 Å². The first-order chi connectivity index (χ1) is 12.8. The molecule has 1 N–H and O–H groups in total. The van der Waals surface area contributed by atoms with E-state index in [0.717, 1.165) is 5.56 Å². The second-order valence-corrected chi connectivity index (χ2v) is 7.63. The van der Waals surface area contributed by atoms with Gasteiger partial charge in [0.1, 0.15) is 11.8 Å². The molecule has 27 heavy (non-hydrogen) atoms. The number of ether oxygens (including phenoxy) is 1. The van der Waals surface area contributed by atoms with E-state index in [9.17, 15) is 19.5 Å². The summed E-state index contributed by atoms with van der Waals surface area (Å²) in [6, 6.07) is 4.69. The van der Waals surface area contributed by atoms with E-state index in [2.05, 4.69) is 0 Å². The van der Waals surface area contributed by atoms with Crippen LogP contribution in [0.1, 0.15) is 42.1 Å². The number of amides is 2. The predicted molar refractivity (Wildman–Crippen MR) is 98.7 cm³/mol. The van der Waals surface area contributed by atoms with E-state index in [-0.39, 0.29) is 17.2 Å². The van der Waals surface area contributed by atoms with E-state index in [1.807, 2.05) is 24.0 Å². The van der Waals surface area contributed by atoms with Crippen molar-refractivity contribution >= 4 is 17.8 Å². The topological polar surface area (TPSA) is 87.2 Å². The van der Waals surface area contributed by atoms with Crippen molar-refractivity contribution in [3.63, 3.8) is 0 Å². The lowest BCUT2D eigenvalue weighted by Gasteiger charge is -2.39. The van der Waals surface area contributed by atoms with Crippen molar-refractivity contribution < 1.29 is 24.2 Å². The third-order valence-electron chi connectivity index (χ3n) is 6.04. The normalized spacial score (nSPS) is 21.4. The Hall–Kier alpha value is -2.57. The quantitative estimate of drug-likeness (QED) is 0.874. The number of carboxylic acids is 1. The van der Waals surface area contributed by atoms with Crippen molar-refractivity contribution in [2.45, 2.75) is 39.2 Å². The molecule has 2 fully saturated rings. The van der Waals surface area contributed by atoms with Crippen molar-refractivity contribution in [1.29, 1.82) is 0 Å². The fourth-order valence-corrected chi connectivity index (χ4v) is 4.39. The number of carbonyl (C=O) groups excluding carboxylic acids is 2. The molecule has 0 aliphatic carbocycles. The zero-order valence-electron chi connectivity index (χ0n) is 16.0. The van der Waals surface area contributed by atoms with Gasteiger partial charge in [-0.3, -0.25) is 9.59 Å². The summed E-state index contributed by atoms with van der Waals surface area (Å²) in [5.41, 5.74) is 1.24. The monoisotopic (exact) mass is 374 g/mol. The minimum atomic E-state index is -0.951. The number of rotatable bonds is 3. The number of carboxylic acid groups (broad SMARTS) is 1. The highest BCUT2D eigenvalue weighted by atomic mass is 16.5. The summed E-state index contributed by atoms with van der Waals surface area (Å²) in [5.74, 6) is -0.499. The Morgan fingerprint density at radius 3 is 2.41 bits per heavy atom. The number of likely N-dealkylation sites (tertiary alicyclic amines) is 2. The van der Waals surface area contributed by atoms with E-state index in [0.29, 0.717) is 50.2 Å². The largest absolute Gasteiger partial charge is 0.496 e. The van der Waals surface area contributed by atoms with Crippen LogP contribution in [0.2, 0.25) is 0 Å². The van der Waals surface area contributed by atoms with E-state index in [4.69, 9.17) is 4.74 Å². The summed E-state index contributed by atoms with van der Waals surface area (Å²) < 4.78 is 5.30. The van der Waals surface area contributed by atoms with Crippen LogP contribution in [0.25, 0.3) is 0 Å². The molecule has 2 aliphatic rings. The molecule has 3 rings (SSSR count). The van der Waals surface area contributed by atoms with Crippen LogP contribution in [0.3, 0.4) is 0 Å². The van der Waals surface area contributed by atoms with Gasteiger partial charge in [0.2, 0.25) is 5.91 Å². The van der Waals surface area contributed by atoms with Crippen molar-refractivity contribution in [1.82, 2.24) is 9.80 Å². The minimum absolute atomic E-state index is 0.0301. The van der Waals surface area contributed by atoms with Crippen LogP contribution in [0, 0.1) is 12.3 Å². The van der Waals surface area contributed by atoms with Gasteiger partial charge in [-0.25, -0.2) is 4.79 Å². The van der Waals surface area contributed by atoms with Gasteiger partial charge in [-0.1, -0.05) is 6.07 Å². The highest BCUT2D eigenvalue weighted by Crippen LogP contribution is 2.43. The lowest BCUT2D eigenvalue weighted by atomic mass is 9.76. The maximum Gasteiger partial charge on any atom is 0.326 e. The molecule has 2 heterocycles. The first kappa shape index (κ1) is 19.2. The molecule has 2 amide bonds. The minimum Gasteiger partial charge on any atom is -0.496 e. The Balaban J connectivity index is 1.71. The second-order valence-electron chi connectivity index (χ2n) is 7.63. The molecule has 2 saturated heterocycles. The van der Waals surface area contributed by atoms with Gasteiger partial charge in [-0.05, 0) is 43.7 Å². The summed E-state index contributed by atoms with van der Waals surface area (Å²) in [4.78, 5) is 39.6. The molecule has 0 unspecified atom stereocenters. The summed E-state index contributed by atoms with van der Waals surface area (Å²) >= 11 is 0. The zero-order valence-corrected chi connectivity index (χ0v) is 16.0. The molecule has 0 saturated carbocycles.